The Morgan fingerprint density at radius 3 is 2.16 bits per heavy atom. The Morgan fingerprint density at radius 2 is 1.50 bits per heavy atom. The van der Waals surface area contributed by atoms with E-state index in [0.29, 0.717) is 11.8 Å². The molecule has 228 valence electrons. The van der Waals surface area contributed by atoms with E-state index in [9.17, 15) is 0 Å². The van der Waals surface area contributed by atoms with Gasteiger partial charge in [0.25, 0.3) is 0 Å². The topological polar surface area (TPSA) is 3.88 Å². The van der Waals surface area contributed by atoms with Gasteiger partial charge in [-0.2, -0.15) is 4.57 Å². The summed E-state index contributed by atoms with van der Waals surface area (Å²) in [5.41, 5.74) is 13.5. The standard InChI is InChI=1S/C43H52N/c1-11-27(12-2)31-22-34(28(13-3)14-4)26(5)43(25-31)36-23-29-17-15-16-18-33(29)39-38(36)40-37-30(19-20-44(40)43)21-32(41(6,7)8)24-35(37)42(39,9)10/h15-24,27-28H,11-14,25H2,1-10H3/q+1. The summed E-state index contributed by atoms with van der Waals surface area (Å²) in [6.07, 6.45) is 11.0. The van der Waals surface area contributed by atoms with E-state index in [0.717, 1.165) is 6.42 Å². The van der Waals surface area contributed by atoms with Crippen LogP contribution in [-0.2, 0) is 16.4 Å². The summed E-state index contributed by atoms with van der Waals surface area (Å²) in [7, 11) is 0. The lowest BCUT2D eigenvalue weighted by molar-refractivity contribution is -0.728. The molecule has 7 rings (SSSR count). The Labute approximate surface area is 266 Å². The van der Waals surface area contributed by atoms with Gasteiger partial charge in [0.05, 0.1) is 10.9 Å². The lowest BCUT2D eigenvalue weighted by Crippen LogP contribution is -2.57. The molecule has 1 atom stereocenters. The molecule has 0 radical (unpaired) electrons. The summed E-state index contributed by atoms with van der Waals surface area (Å²) in [5.74, 6) is 1.20. The summed E-state index contributed by atoms with van der Waals surface area (Å²) < 4.78 is 2.77. The van der Waals surface area contributed by atoms with E-state index in [1.54, 1.807) is 16.7 Å². The molecule has 0 N–H and O–H groups in total. The second-order valence-corrected chi connectivity index (χ2v) is 15.7. The Hall–Kier alpha value is -3.19. The van der Waals surface area contributed by atoms with Crippen molar-refractivity contribution >= 4 is 21.5 Å². The maximum Gasteiger partial charge on any atom is 0.222 e. The Bertz CT molecular complexity index is 1900. The minimum atomic E-state index is -0.206. The van der Waals surface area contributed by atoms with Crippen molar-refractivity contribution in [3.05, 3.63) is 99.8 Å². The average Bonchev–Trinajstić information content (AvgIpc) is 3.27. The van der Waals surface area contributed by atoms with Crippen LogP contribution in [-0.4, -0.2) is 0 Å². The third-order valence-corrected chi connectivity index (χ3v) is 12.1. The van der Waals surface area contributed by atoms with Gasteiger partial charge in [-0.3, -0.25) is 0 Å². The molecule has 1 nitrogen and oxygen atoms in total. The average molecular weight is 583 g/mol. The fraction of sp³-hybridized carbons (Fsp3) is 0.465. The summed E-state index contributed by atoms with van der Waals surface area (Å²) in [6, 6.07) is 19.3. The number of hydrogen-bond acceptors (Lipinski definition) is 0. The van der Waals surface area contributed by atoms with Crippen molar-refractivity contribution in [2.45, 2.75) is 118 Å². The van der Waals surface area contributed by atoms with Gasteiger partial charge in [-0.25, -0.2) is 0 Å². The molecular formula is C43H52N+. The fourth-order valence-electron chi connectivity index (χ4n) is 9.55. The second kappa shape index (κ2) is 9.90. The fourth-order valence-corrected chi connectivity index (χ4v) is 9.55. The Kier molecular flexibility index (Phi) is 6.64. The van der Waals surface area contributed by atoms with Crippen LogP contribution in [0.4, 0.5) is 0 Å². The molecule has 3 aliphatic rings. The van der Waals surface area contributed by atoms with Gasteiger partial charge in [0.1, 0.15) is 0 Å². The number of rotatable bonds is 6. The van der Waals surface area contributed by atoms with Gasteiger partial charge in [0.15, 0.2) is 6.20 Å². The zero-order valence-corrected chi connectivity index (χ0v) is 28.9. The van der Waals surface area contributed by atoms with Crippen LogP contribution in [0.5, 0.6) is 0 Å². The molecule has 3 aromatic carbocycles. The lowest BCUT2D eigenvalue weighted by Gasteiger charge is -2.37. The van der Waals surface area contributed by atoms with Crippen LogP contribution in [0, 0.1) is 11.8 Å². The lowest BCUT2D eigenvalue weighted by atomic mass is 9.64. The van der Waals surface area contributed by atoms with E-state index < -0.39 is 0 Å². The first-order valence-corrected chi connectivity index (χ1v) is 17.5. The monoisotopic (exact) mass is 582 g/mol. The third kappa shape index (κ3) is 3.74. The van der Waals surface area contributed by atoms with Crippen LogP contribution in [0.3, 0.4) is 0 Å². The molecule has 0 bridgehead atoms. The number of aromatic nitrogens is 1. The van der Waals surface area contributed by atoms with Crippen LogP contribution in [0.25, 0.3) is 32.8 Å². The molecule has 0 fully saturated rings. The second-order valence-electron chi connectivity index (χ2n) is 15.7. The van der Waals surface area contributed by atoms with Gasteiger partial charge in [0.2, 0.25) is 11.2 Å². The first kappa shape index (κ1) is 29.5. The van der Waals surface area contributed by atoms with E-state index in [4.69, 9.17) is 0 Å². The van der Waals surface area contributed by atoms with E-state index in [-0.39, 0.29) is 16.4 Å². The van der Waals surface area contributed by atoms with Crippen LogP contribution in [0.15, 0.2) is 77.5 Å². The van der Waals surface area contributed by atoms with Crippen molar-refractivity contribution in [3.63, 3.8) is 0 Å². The highest BCUT2D eigenvalue weighted by molar-refractivity contribution is 6.07. The van der Waals surface area contributed by atoms with Gasteiger partial charge in [-0.1, -0.05) is 110 Å². The van der Waals surface area contributed by atoms with E-state index in [2.05, 4.69) is 135 Å². The SMILES string of the molecule is CCC(CC)C1=CC(C(CC)CC)=C(C)C2(C1)c1cc3ccccc3c3c1-c1c4c(cc(C(C)(C)C)cc4cc[n+]12)C3(C)C. The smallest absolute Gasteiger partial charge is 0.183 e. The molecule has 1 unspecified atom stereocenters. The molecule has 4 aromatic rings. The molecule has 1 heteroatoms. The maximum atomic E-state index is 2.77. The molecule has 1 aromatic heterocycles. The first-order chi connectivity index (χ1) is 20.9. The number of benzene rings is 3. The van der Waals surface area contributed by atoms with E-state index in [1.165, 1.54) is 80.7 Å². The predicted octanol–water partition coefficient (Wildman–Crippen LogP) is 11.5. The van der Waals surface area contributed by atoms with Gasteiger partial charge in [-0.05, 0) is 94.3 Å². The molecule has 2 heterocycles. The van der Waals surface area contributed by atoms with Crippen LogP contribution in [0.1, 0.15) is 124 Å². The van der Waals surface area contributed by atoms with Crippen LogP contribution >= 0.6 is 0 Å². The highest BCUT2D eigenvalue weighted by Crippen LogP contribution is 2.60. The molecule has 1 aliphatic heterocycles. The van der Waals surface area contributed by atoms with E-state index >= 15 is 0 Å². The zero-order valence-electron chi connectivity index (χ0n) is 28.9. The number of allylic oxidation sites excluding steroid dienone is 4. The first-order valence-electron chi connectivity index (χ1n) is 17.5. The Morgan fingerprint density at radius 1 is 0.818 bits per heavy atom. The number of pyridine rings is 1. The minimum Gasteiger partial charge on any atom is -0.183 e. The summed E-state index contributed by atoms with van der Waals surface area (Å²) >= 11 is 0. The highest BCUT2D eigenvalue weighted by atomic mass is 15.1. The van der Waals surface area contributed by atoms with Gasteiger partial charge < -0.3 is 0 Å². The maximum absolute atomic E-state index is 2.77. The quantitative estimate of drug-likeness (QED) is 0.199. The Balaban J connectivity index is 1.69. The normalized spacial score (nSPS) is 20.1. The van der Waals surface area contributed by atoms with Crippen molar-refractivity contribution in [3.8, 4) is 11.3 Å². The number of hydrogen-bond donors (Lipinski definition) is 0. The van der Waals surface area contributed by atoms with Crippen molar-refractivity contribution in [2.24, 2.45) is 11.8 Å². The van der Waals surface area contributed by atoms with E-state index in [1.807, 2.05) is 0 Å². The molecule has 2 aliphatic carbocycles. The van der Waals surface area contributed by atoms with Gasteiger partial charge >= 0.3 is 0 Å². The summed E-state index contributed by atoms with van der Waals surface area (Å²) in [4.78, 5) is 0. The molecule has 44 heavy (non-hydrogen) atoms. The predicted molar refractivity (Wildman–Crippen MR) is 189 cm³/mol. The minimum absolute atomic E-state index is 0.0836. The largest absolute Gasteiger partial charge is 0.222 e. The van der Waals surface area contributed by atoms with Crippen molar-refractivity contribution < 1.29 is 4.57 Å². The molecule has 0 amide bonds. The van der Waals surface area contributed by atoms with Crippen molar-refractivity contribution in [1.82, 2.24) is 0 Å². The van der Waals surface area contributed by atoms with Crippen LogP contribution < -0.4 is 4.57 Å². The van der Waals surface area contributed by atoms with Crippen LogP contribution in [0.2, 0.25) is 0 Å². The molecule has 1 spiro atoms. The third-order valence-electron chi connectivity index (χ3n) is 12.1. The molecule has 0 saturated carbocycles. The molecule has 0 saturated heterocycles. The zero-order chi connectivity index (χ0) is 31.3. The highest BCUT2D eigenvalue weighted by Gasteiger charge is 2.59. The summed E-state index contributed by atoms with van der Waals surface area (Å²) in [5, 5.41) is 5.66. The number of fused-ring (bicyclic) bond motifs is 4. The van der Waals surface area contributed by atoms with Gasteiger partial charge in [-0.15, -0.1) is 0 Å². The number of nitrogens with zero attached hydrogens (tertiary/aromatic N) is 1. The molecular weight excluding hydrogens is 530 g/mol. The van der Waals surface area contributed by atoms with Gasteiger partial charge in [0, 0.05) is 29.0 Å². The summed E-state index contributed by atoms with van der Waals surface area (Å²) in [6.45, 7) is 24.1. The van der Waals surface area contributed by atoms with Crippen molar-refractivity contribution in [2.75, 3.05) is 0 Å². The van der Waals surface area contributed by atoms with Crippen molar-refractivity contribution in [1.29, 1.82) is 0 Å².